The summed E-state index contributed by atoms with van der Waals surface area (Å²) < 4.78 is 32.7. The Kier molecular flexibility index (Phi) is 5.02. The minimum Gasteiger partial charge on any atom is -0.487 e. The summed E-state index contributed by atoms with van der Waals surface area (Å²) in [4.78, 5) is 4.18. The van der Waals surface area contributed by atoms with Crippen LogP contribution >= 0.6 is 0 Å². The van der Waals surface area contributed by atoms with Gasteiger partial charge in [0.1, 0.15) is 11.9 Å². The third-order valence-corrected chi connectivity index (χ3v) is 5.97. The number of hydrogen-bond donors (Lipinski definition) is 0. The molecule has 1 aromatic heterocycles. The minimum absolute atomic E-state index is 0.110. The third kappa shape index (κ3) is 4.16. The number of sulfonamides is 1. The van der Waals surface area contributed by atoms with Crippen molar-refractivity contribution in [1.29, 1.82) is 5.26 Å². The Hall–Kier alpha value is -2.43. The SMILES string of the molecule is Cc1ncccc1OC1CCN(S(=O)(=O)Cc2cccc(C#N)c2)C1. The Balaban J connectivity index is 1.66. The van der Waals surface area contributed by atoms with Gasteiger partial charge < -0.3 is 4.74 Å². The molecule has 0 radical (unpaired) electrons. The van der Waals surface area contributed by atoms with Crippen LogP contribution in [0.3, 0.4) is 0 Å². The maximum Gasteiger partial charge on any atom is 0.218 e. The molecule has 1 aromatic carbocycles. The first-order valence-electron chi connectivity index (χ1n) is 8.03. The summed E-state index contributed by atoms with van der Waals surface area (Å²) >= 11 is 0. The van der Waals surface area contributed by atoms with Gasteiger partial charge in [-0.3, -0.25) is 4.98 Å². The first-order valence-corrected chi connectivity index (χ1v) is 9.64. The lowest BCUT2D eigenvalue weighted by Gasteiger charge is -2.18. The Labute approximate surface area is 147 Å². The van der Waals surface area contributed by atoms with E-state index in [0.29, 0.717) is 36.4 Å². The van der Waals surface area contributed by atoms with E-state index >= 15 is 0 Å². The van der Waals surface area contributed by atoms with Crippen LogP contribution in [0.4, 0.5) is 0 Å². The topological polar surface area (TPSA) is 83.3 Å². The van der Waals surface area contributed by atoms with Crippen LogP contribution in [0.2, 0.25) is 0 Å². The van der Waals surface area contributed by atoms with Crippen molar-refractivity contribution in [3.8, 4) is 11.8 Å². The molecular formula is C18H19N3O3S. The van der Waals surface area contributed by atoms with Gasteiger partial charge >= 0.3 is 0 Å². The lowest BCUT2D eigenvalue weighted by atomic mass is 10.2. The molecule has 1 unspecified atom stereocenters. The van der Waals surface area contributed by atoms with E-state index in [-0.39, 0.29) is 11.9 Å². The number of aromatic nitrogens is 1. The highest BCUT2D eigenvalue weighted by Gasteiger charge is 2.32. The zero-order valence-corrected chi connectivity index (χ0v) is 14.7. The van der Waals surface area contributed by atoms with Gasteiger partial charge in [0.05, 0.1) is 29.6 Å². The predicted octanol–water partition coefficient (Wildman–Crippen LogP) is 2.24. The molecule has 1 aliphatic rings. The van der Waals surface area contributed by atoms with Crippen LogP contribution in [0.25, 0.3) is 0 Å². The van der Waals surface area contributed by atoms with Gasteiger partial charge in [-0.15, -0.1) is 0 Å². The number of hydrogen-bond acceptors (Lipinski definition) is 5. The first kappa shape index (κ1) is 17.4. The van der Waals surface area contributed by atoms with E-state index in [1.165, 1.54) is 4.31 Å². The fraction of sp³-hybridized carbons (Fsp3) is 0.333. The summed E-state index contributed by atoms with van der Waals surface area (Å²) in [6.07, 6.45) is 2.16. The van der Waals surface area contributed by atoms with Gasteiger partial charge in [-0.1, -0.05) is 12.1 Å². The van der Waals surface area contributed by atoms with Crippen molar-refractivity contribution < 1.29 is 13.2 Å². The molecule has 6 nitrogen and oxygen atoms in total. The highest BCUT2D eigenvalue weighted by atomic mass is 32.2. The number of nitriles is 1. The van der Waals surface area contributed by atoms with Crippen molar-refractivity contribution in [2.75, 3.05) is 13.1 Å². The van der Waals surface area contributed by atoms with E-state index in [9.17, 15) is 8.42 Å². The summed E-state index contributed by atoms with van der Waals surface area (Å²) in [5, 5.41) is 8.94. The maximum atomic E-state index is 12.6. The Morgan fingerprint density at radius 1 is 1.36 bits per heavy atom. The fourth-order valence-corrected chi connectivity index (χ4v) is 4.41. The lowest BCUT2D eigenvalue weighted by Crippen LogP contribution is -2.32. The van der Waals surface area contributed by atoms with Crippen LogP contribution < -0.4 is 4.74 Å². The Morgan fingerprint density at radius 2 is 2.20 bits per heavy atom. The van der Waals surface area contributed by atoms with Crippen LogP contribution in [0.15, 0.2) is 42.6 Å². The molecule has 0 bridgehead atoms. The van der Waals surface area contributed by atoms with Gasteiger partial charge in [0.15, 0.2) is 0 Å². The zero-order chi connectivity index (χ0) is 17.9. The van der Waals surface area contributed by atoms with Gasteiger partial charge in [-0.05, 0) is 43.2 Å². The predicted molar refractivity (Wildman–Crippen MR) is 93.4 cm³/mol. The van der Waals surface area contributed by atoms with Gasteiger partial charge in [-0.25, -0.2) is 8.42 Å². The molecule has 1 aliphatic heterocycles. The van der Waals surface area contributed by atoms with Crippen molar-refractivity contribution in [3.63, 3.8) is 0 Å². The van der Waals surface area contributed by atoms with Gasteiger partial charge in [0.25, 0.3) is 0 Å². The average Bonchev–Trinajstić information content (AvgIpc) is 3.06. The highest BCUT2D eigenvalue weighted by molar-refractivity contribution is 7.88. The van der Waals surface area contributed by atoms with Crippen molar-refractivity contribution in [3.05, 3.63) is 59.4 Å². The molecule has 25 heavy (non-hydrogen) atoms. The number of rotatable bonds is 5. The molecule has 0 saturated carbocycles. The Bertz CT molecular complexity index is 906. The van der Waals surface area contributed by atoms with Gasteiger partial charge in [0, 0.05) is 12.7 Å². The standard InChI is InChI=1S/C18H19N3O3S/c1-14-18(6-3-8-20-14)24-17-7-9-21(12-17)25(22,23)13-16-5-2-4-15(10-16)11-19/h2-6,8,10,17H,7,9,12-13H2,1H3. The largest absolute Gasteiger partial charge is 0.487 e. The smallest absolute Gasteiger partial charge is 0.218 e. The molecule has 0 aliphatic carbocycles. The van der Waals surface area contributed by atoms with Crippen LogP contribution in [0.1, 0.15) is 23.2 Å². The number of benzene rings is 1. The first-order chi connectivity index (χ1) is 12.0. The number of pyridine rings is 1. The average molecular weight is 357 g/mol. The van der Waals surface area contributed by atoms with Crippen molar-refractivity contribution in [1.82, 2.24) is 9.29 Å². The van der Waals surface area contributed by atoms with E-state index in [4.69, 9.17) is 10.00 Å². The van der Waals surface area contributed by atoms with Crippen LogP contribution in [0.5, 0.6) is 5.75 Å². The normalized spacial score (nSPS) is 18.0. The summed E-state index contributed by atoms with van der Waals surface area (Å²) in [7, 11) is -3.45. The molecule has 1 atom stereocenters. The summed E-state index contributed by atoms with van der Waals surface area (Å²) in [6, 6.07) is 12.4. The highest BCUT2D eigenvalue weighted by Crippen LogP contribution is 2.23. The molecule has 1 fully saturated rings. The molecule has 3 rings (SSSR count). The maximum absolute atomic E-state index is 12.6. The van der Waals surface area contributed by atoms with E-state index in [2.05, 4.69) is 4.98 Å². The minimum atomic E-state index is -3.45. The molecule has 1 saturated heterocycles. The molecule has 0 spiro atoms. The molecule has 0 amide bonds. The molecule has 2 heterocycles. The van der Waals surface area contributed by atoms with Crippen LogP contribution in [-0.4, -0.2) is 36.9 Å². The van der Waals surface area contributed by atoms with Gasteiger partial charge in [0.2, 0.25) is 10.0 Å². The Morgan fingerprint density at radius 3 is 2.96 bits per heavy atom. The van der Waals surface area contributed by atoms with E-state index in [1.807, 2.05) is 19.1 Å². The van der Waals surface area contributed by atoms with E-state index < -0.39 is 10.0 Å². The molecule has 130 valence electrons. The fourth-order valence-electron chi connectivity index (χ4n) is 2.85. The molecule has 2 aromatic rings. The molecule has 7 heteroatoms. The van der Waals surface area contributed by atoms with Crippen molar-refractivity contribution >= 4 is 10.0 Å². The number of aryl methyl sites for hydroxylation is 1. The molecular weight excluding hydrogens is 338 g/mol. The third-order valence-electron chi connectivity index (χ3n) is 4.16. The summed E-state index contributed by atoms with van der Waals surface area (Å²) in [5.74, 6) is 0.578. The van der Waals surface area contributed by atoms with E-state index in [0.717, 1.165) is 5.69 Å². The van der Waals surface area contributed by atoms with Crippen molar-refractivity contribution in [2.24, 2.45) is 0 Å². The van der Waals surface area contributed by atoms with Crippen molar-refractivity contribution in [2.45, 2.75) is 25.2 Å². The monoisotopic (exact) mass is 357 g/mol. The second-order valence-electron chi connectivity index (χ2n) is 6.04. The van der Waals surface area contributed by atoms with E-state index in [1.54, 1.807) is 36.5 Å². The lowest BCUT2D eigenvalue weighted by molar-refractivity contribution is 0.213. The molecule has 0 N–H and O–H groups in total. The van der Waals surface area contributed by atoms with Crippen LogP contribution in [-0.2, 0) is 15.8 Å². The number of ether oxygens (including phenoxy) is 1. The van der Waals surface area contributed by atoms with Gasteiger partial charge in [-0.2, -0.15) is 9.57 Å². The summed E-state index contributed by atoms with van der Waals surface area (Å²) in [6.45, 7) is 2.62. The second kappa shape index (κ2) is 7.21. The van der Waals surface area contributed by atoms with Crippen LogP contribution in [0, 0.1) is 18.3 Å². The summed E-state index contributed by atoms with van der Waals surface area (Å²) in [5.41, 5.74) is 1.87. The zero-order valence-electron chi connectivity index (χ0n) is 13.9. The second-order valence-corrected chi connectivity index (χ2v) is 8.01. The number of nitrogens with zero attached hydrogens (tertiary/aromatic N) is 3. The quantitative estimate of drug-likeness (QED) is 0.819.